The maximum absolute atomic E-state index is 12.1. The monoisotopic (exact) mass is 257 g/mol. The van der Waals surface area contributed by atoms with Crippen LogP contribution in [0.5, 0.6) is 0 Å². The molecule has 1 aromatic rings. The molecule has 0 saturated carbocycles. The third-order valence-electron chi connectivity index (χ3n) is 2.51. The number of benzene rings is 1. The Hall–Kier alpha value is -1.60. The van der Waals surface area contributed by atoms with Gasteiger partial charge in [-0.25, -0.2) is 8.42 Å². The van der Waals surface area contributed by atoms with Crippen LogP contribution in [0.2, 0.25) is 0 Å². The van der Waals surface area contributed by atoms with E-state index in [0.29, 0.717) is 0 Å². The highest BCUT2D eigenvalue weighted by Crippen LogP contribution is 2.15. The first-order valence-corrected chi connectivity index (χ1v) is 6.35. The quantitative estimate of drug-likeness (QED) is 0.354. The summed E-state index contributed by atoms with van der Waals surface area (Å²) in [6.45, 7) is 1.54. The van der Waals surface area contributed by atoms with E-state index < -0.39 is 16.1 Å². The highest BCUT2D eigenvalue weighted by molar-refractivity contribution is 7.89. The molecular weight excluding hydrogens is 242 g/mol. The molecule has 0 radical (unpaired) electrons. The number of hydrogen-bond acceptors (Lipinski definition) is 4. The molecule has 0 aromatic heterocycles. The van der Waals surface area contributed by atoms with E-state index in [4.69, 9.17) is 10.9 Å². The SMILES string of the molecule is CC(C(N)=NO)N(C)S(=O)(=O)c1ccccc1. The second kappa shape index (κ2) is 5.15. The molecule has 0 spiro atoms. The van der Waals surface area contributed by atoms with Crippen LogP contribution in [-0.2, 0) is 10.0 Å². The Balaban J connectivity index is 3.08. The molecule has 1 unspecified atom stereocenters. The zero-order valence-electron chi connectivity index (χ0n) is 9.61. The third-order valence-corrected chi connectivity index (χ3v) is 4.45. The van der Waals surface area contributed by atoms with E-state index in [1.54, 1.807) is 18.2 Å². The predicted octanol–water partition coefficient (Wildman–Crippen LogP) is 0.442. The van der Waals surface area contributed by atoms with Gasteiger partial charge in [-0.15, -0.1) is 0 Å². The summed E-state index contributed by atoms with van der Waals surface area (Å²) in [7, 11) is -2.25. The van der Waals surface area contributed by atoms with Crippen LogP contribution < -0.4 is 5.73 Å². The number of rotatable bonds is 4. The molecule has 7 heteroatoms. The van der Waals surface area contributed by atoms with Gasteiger partial charge >= 0.3 is 0 Å². The fraction of sp³-hybridized carbons (Fsp3) is 0.300. The van der Waals surface area contributed by atoms with E-state index in [0.717, 1.165) is 4.31 Å². The Labute approximate surface area is 100 Å². The summed E-state index contributed by atoms with van der Waals surface area (Å²) in [5.41, 5.74) is 5.39. The molecule has 6 nitrogen and oxygen atoms in total. The molecule has 0 amide bonds. The summed E-state index contributed by atoms with van der Waals surface area (Å²) >= 11 is 0. The van der Waals surface area contributed by atoms with E-state index >= 15 is 0 Å². The van der Waals surface area contributed by atoms with Gasteiger partial charge in [-0.3, -0.25) is 0 Å². The molecule has 0 fully saturated rings. The van der Waals surface area contributed by atoms with Gasteiger partial charge < -0.3 is 10.9 Å². The molecule has 0 aliphatic heterocycles. The largest absolute Gasteiger partial charge is 0.409 e. The Morgan fingerprint density at radius 3 is 2.41 bits per heavy atom. The molecule has 0 heterocycles. The molecule has 0 saturated heterocycles. The number of oxime groups is 1. The van der Waals surface area contributed by atoms with Gasteiger partial charge in [0, 0.05) is 7.05 Å². The highest BCUT2D eigenvalue weighted by Gasteiger charge is 2.27. The lowest BCUT2D eigenvalue weighted by Gasteiger charge is -2.23. The molecule has 94 valence electrons. The van der Waals surface area contributed by atoms with Gasteiger partial charge in [0.05, 0.1) is 10.9 Å². The molecular formula is C10H15N3O3S. The first-order valence-electron chi connectivity index (χ1n) is 4.91. The van der Waals surface area contributed by atoms with Crippen LogP contribution in [0.15, 0.2) is 40.4 Å². The van der Waals surface area contributed by atoms with E-state index in [1.165, 1.54) is 26.1 Å². The van der Waals surface area contributed by atoms with Crippen LogP contribution in [0.3, 0.4) is 0 Å². The summed E-state index contributed by atoms with van der Waals surface area (Å²) < 4.78 is 25.3. The zero-order valence-corrected chi connectivity index (χ0v) is 10.4. The second-order valence-corrected chi connectivity index (χ2v) is 5.53. The van der Waals surface area contributed by atoms with Crippen LogP contribution in [0.1, 0.15) is 6.92 Å². The molecule has 0 aliphatic rings. The average molecular weight is 257 g/mol. The van der Waals surface area contributed by atoms with Crippen molar-refractivity contribution in [2.45, 2.75) is 17.9 Å². The normalized spacial score (nSPS) is 14.9. The van der Waals surface area contributed by atoms with Crippen molar-refractivity contribution < 1.29 is 13.6 Å². The fourth-order valence-corrected chi connectivity index (χ4v) is 2.59. The standard InChI is InChI=1S/C10H15N3O3S/c1-8(10(11)12-14)13(2)17(15,16)9-6-4-3-5-7-9/h3-8,14H,1-2H3,(H2,11,12). The van der Waals surface area contributed by atoms with Crippen LogP contribution in [0, 0.1) is 0 Å². The lowest BCUT2D eigenvalue weighted by molar-refractivity contribution is 0.311. The van der Waals surface area contributed by atoms with Crippen molar-refractivity contribution in [1.29, 1.82) is 0 Å². The fourth-order valence-electron chi connectivity index (χ4n) is 1.24. The van der Waals surface area contributed by atoms with Gasteiger partial charge in [-0.05, 0) is 19.1 Å². The summed E-state index contributed by atoms with van der Waals surface area (Å²) in [5.74, 6) is -0.160. The van der Waals surface area contributed by atoms with Crippen LogP contribution in [0.25, 0.3) is 0 Å². The summed E-state index contributed by atoms with van der Waals surface area (Å²) in [6, 6.07) is 7.26. The lowest BCUT2D eigenvalue weighted by Crippen LogP contribution is -2.43. The Bertz CT molecular complexity index is 499. The molecule has 17 heavy (non-hydrogen) atoms. The van der Waals surface area contributed by atoms with Crippen LogP contribution >= 0.6 is 0 Å². The maximum atomic E-state index is 12.1. The summed E-state index contributed by atoms with van der Waals surface area (Å²) in [4.78, 5) is 0.167. The average Bonchev–Trinajstić information content (AvgIpc) is 2.37. The van der Waals surface area contributed by atoms with E-state index in [-0.39, 0.29) is 10.7 Å². The van der Waals surface area contributed by atoms with Gasteiger partial charge in [-0.1, -0.05) is 23.4 Å². The molecule has 3 N–H and O–H groups in total. The first kappa shape index (κ1) is 13.5. The van der Waals surface area contributed by atoms with Crippen molar-refractivity contribution in [2.75, 3.05) is 7.05 Å². The minimum Gasteiger partial charge on any atom is -0.409 e. The topological polar surface area (TPSA) is 96.0 Å². The van der Waals surface area contributed by atoms with Gasteiger partial charge in [0.15, 0.2) is 5.84 Å². The Morgan fingerprint density at radius 1 is 1.41 bits per heavy atom. The Kier molecular flexibility index (Phi) is 4.08. The second-order valence-electron chi connectivity index (χ2n) is 3.54. The maximum Gasteiger partial charge on any atom is 0.243 e. The third kappa shape index (κ3) is 2.75. The molecule has 1 atom stereocenters. The first-order chi connectivity index (χ1) is 7.91. The predicted molar refractivity (Wildman–Crippen MR) is 64.3 cm³/mol. The Morgan fingerprint density at radius 2 is 1.94 bits per heavy atom. The summed E-state index contributed by atoms with van der Waals surface area (Å²) in [6.07, 6.45) is 0. The molecule has 0 aliphatic carbocycles. The minimum atomic E-state index is -3.63. The van der Waals surface area contributed by atoms with Gasteiger partial charge in [0.25, 0.3) is 0 Å². The molecule has 0 bridgehead atoms. The summed E-state index contributed by atoms with van der Waals surface area (Å²) in [5, 5.41) is 11.3. The van der Waals surface area contributed by atoms with Crippen LogP contribution in [0.4, 0.5) is 0 Å². The van der Waals surface area contributed by atoms with Gasteiger partial charge in [0.2, 0.25) is 10.0 Å². The minimum absolute atomic E-state index is 0.160. The molecule has 1 rings (SSSR count). The van der Waals surface area contributed by atoms with E-state index in [2.05, 4.69) is 5.16 Å². The van der Waals surface area contributed by atoms with Gasteiger partial charge in [-0.2, -0.15) is 4.31 Å². The number of nitrogens with zero attached hydrogens (tertiary/aromatic N) is 2. The number of likely N-dealkylation sites (N-methyl/N-ethyl adjacent to an activating group) is 1. The van der Waals surface area contributed by atoms with Crippen molar-refractivity contribution in [3.63, 3.8) is 0 Å². The van der Waals surface area contributed by atoms with Crippen molar-refractivity contribution in [3.8, 4) is 0 Å². The van der Waals surface area contributed by atoms with E-state index in [1.807, 2.05) is 0 Å². The van der Waals surface area contributed by atoms with Crippen molar-refractivity contribution in [1.82, 2.24) is 4.31 Å². The lowest BCUT2D eigenvalue weighted by atomic mass is 10.3. The number of sulfonamides is 1. The number of nitrogens with two attached hydrogens (primary N) is 1. The van der Waals surface area contributed by atoms with Crippen molar-refractivity contribution in [3.05, 3.63) is 30.3 Å². The molecule has 1 aromatic carbocycles. The van der Waals surface area contributed by atoms with Crippen LogP contribution in [-0.4, -0.2) is 36.9 Å². The highest BCUT2D eigenvalue weighted by atomic mass is 32.2. The van der Waals surface area contributed by atoms with E-state index in [9.17, 15) is 8.42 Å². The van der Waals surface area contributed by atoms with Gasteiger partial charge in [0.1, 0.15) is 0 Å². The smallest absolute Gasteiger partial charge is 0.243 e. The van der Waals surface area contributed by atoms with Crippen molar-refractivity contribution in [2.24, 2.45) is 10.9 Å². The van der Waals surface area contributed by atoms with Crippen molar-refractivity contribution >= 4 is 15.9 Å². The number of amidine groups is 1. The zero-order chi connectivity index (χ0) is 13.1. The number of hydrogen-bond donors (Lipinski definition) is 2.